The van der Waals surface area contributed by atoms with Gasteiger partial charge in [0.1, 0.15) is 16.9 Å². The summed E-state index contributed by atoms with van der Waals surface area (Å²) in [6.07, 6.45) is 4.68. The van der Waals surface area contributed by atoms with Crippen molar-refractivity contribution in [3.63, 3.8) is 0 Å². The molecule has 0 spiro atoms. The van der Waals surface area contributed by atoms with Gasteiger partial charge in [0.2, 0.25) is 5.43 Å². The van der Waals surface area contributed by atoms with Crippen LogP contribution in [0.4, 0.5) is 0 Å². The fourth-order valence-electron chi connectivity index (χ4n) is 2.97. The molecule has 0 saturated carbocycles. The van der Waals surface area contributed by atoms with Gasteiger partial charge >= 0.3 is 0 Å². The van der Waals surface area contributed by atoms with E-state index in [9.17, 15) is 4.79 Å². The van der Waals surface area contributed by atoms with Crippen LogP contribution >= 0.6 is 11.6 Å². The third kappa shape index (κ3) is 2.49. The van der Waals surface area contributed by atoms with Gasteiger partial charge in [-0.25, -0.2) is 15.0 Å². The normalized spacial score (nSPS) is 11.5. The molecule has 0 aliphatic heterocycles. The van der Waals surface area contributed by atoms with E-state index in [2.05, 4.69) is 25.0 Å². The lowest BCUT2D eigenvalue weighted by atomic mass is 10.1. The third-order valence-electron chi connectivity index (χ3n) is 4.20. The van der Waals surface area contributed by atoms with Crippen molar-refractivity contribution in [3.05, 3.63) is 58.3 Å². The highest BCUT2D eigenvalue weighted by atomic mass is 35.5. The second-order valence-corrected chi connectivity index (χ2v) is 6.40. The van der Waals surface area contributed by atoms with Crippen molar-refractivity contribution >= 4 is 33.9 Å². The minimum atomic E-state index is -0.225. The number of nitrogens with one attached hydrogen (secondary N) is 1. The van der Waals surface area contributed by atoms with Crippen LogP contribution in [-0.4, -0.2) is 29.7 Å². The number of rotatable bonds is 2. The van der Waals surface area contributed by atoms with Crippen LogP contribution in [0.2, 0.25) is 5.02 Å². The fraction of sp³-hybridized carbons (Fsp3) is 0.0556. The maximum atomic E-state index is 12.3. The van der Waals surface area contributed by atoms with E-state index in [0.29, 0.717) is 44.4 Å². The number of nitrogens with zero attached hydrogens (tertiary/aromatic N) is 5. The van der Waals surface area contributed by atoms with Gasteiger partial charge < -0.3 is 9.40 Å². The SMILES string of the molecule is Cn1ccc(-c2nc3[nH]ccc(=O)c3nc2-c2cc(Cl)c3ncoc3c2)n1. The number of hydrogen-bond acceptors (Lipinski definition) is 6. The molecule has 5 aromatic rings. The topological polar surface area (TPSA) is 102 Å². The summed E-state index contributed by atoms with van der Waals surface area (Å²) in [6.45, 7) is 0. The predicted molar refractivity (Wildman–Crippen MR) is 100 cm³/mol. The second-order valence-electron chi connectivity index (χ2n) is 5.99. The van der Waals surface area contributed by atoms with Crippen LogP contribution in [0.15, 0.2) is 52.3 Å². The molecular weight excluding hydrogens is 368 g/mol. The summed E-state index contributed by atoms with van der Waals surface area (Å²) < 4.78 is 7.06. The van der Waals surface area contributed by atoms with Crippen molar-refractivity contribution in [2.75, 3.05) is 0 Å². The van der Waals surface area contributed by atoms with Gasteiger partial charge in [-0.15, -0.1) is 0 Å². The molecule has 9 heteroatoms. The maximum Gasteiger partial charge on any atom is 0.209 e. The highest BCUT2D eigenvalue weighted by molar-refractivity contribution is 6.35. The Kier molecular flexibility index (Phi) is 3.34. The summed E-state index contributed by atoms with van der Waals surface area (Å²) in [7, 11) is 1.82. The molecule has 0 fully saturated rings. The molecule has 132 valence electrons. The van der Waals surface area contributed by atoms with E-state index in [0.717, 1.165) is 0 Å². The molecule has 0 bridgehead atoms. The molecule has 8 nitrogen and oxygen atoms in total. The van der Waals surface area contributed by atoms with E-state index in [-0.39, 0.29) is 10.9 Å². The van der Waals surface area contributed by atoms with Crippen LogP contribution in [0.25, 0.3) is 44.9 Å². The number of oxazole rings is 1. The number of aromatic nitrogens is 6. The maximum absolute atomic E-state index is 12.3. The summed E-state index contributed by atoms with van der Waals surface area (Å²) in [6, 6.07) is 6.74. The van der Waals surface area contributed by atoms with Gasteiger partial charge in [-0.2, -0.15) is 5.10 Å². The monoisotopic (exact) mass is 378 g/mol. The van der Waals surface area contributed by atoms with Gasteiger partial charge in [0.05, 0.1) is 10.7 Å². The van der Waals surface area contributed by atoms with Gasteiger partial charge in [0, 0.05) is 31.1 Å². The number of H-pyrrole nitrogens is 1. The molecular formula is C18H11ClN6O2. The van der Waals surface area contributed by atoms with Gasteiger partial charge in [0.25, 0.3) is 0 Å². The number of fused-ring (bicyclic) bond motifs is 2. The average molecular weight is 379 g/mol. The molecule has 4 aromatic heterocycles. The van der Waals surface area contributed by atoms with Crippen molar-refractivity contribution in [2.45, 2.75) is 0 Å². The molecule has 1 N–H and O–H groups in total. The quantitative estimate of drug-likeness (QED) is 0.506. The van der Waals surface area contributed by atoms with Crippen LogP contribution in [-0.2, 0) is 7.05 Å². The predicted octanol–water partition coefficient (Wildman–Crippen LogP) is 3.18. The first-order valence-electron chi connectivity index (χ1n) is 8.03. The molecule has 0 atom stereocenters. The van der Waals surface area contributed by atoms with Gasteiger partial charge in [-0.05, 0) is 18.2 Å². The Labute approximate surface area is 156 Å². The first-order chi connectivity index (χ1) is 13.1. The van der Waals surface area contributed by atoms with Crippen LogP contribution < -0.4 is 5.43 Å². The van der Waals surface area contributed by atoms with E-state index in [4.69, 9.17) is 16.0 Å². The first kappa shape index (κ1) is 15.7. The smallest absolute Gasteiger partial charge is 0.209 e. The van der Waals surface area contributed by atoms with Crippen molar-refractivity contribution in [2.24, 2.45) is 7.05 Å². The molecule has 0 aliphatic rings. The summed E-state index contributed by atoms with van der Waals surface area (Å²) >= 11 is 6.35. The molecule has 0 amide bonds. The van der Waals surface area contributed by atoms with Crippen LogP contribution in [0.5, 0.6) is 0 Å². The third-order valence-corrected chi connectivity index (χ3v) is 4.49. The Morgan fingerprint density at radius 1 is 1.15 bits per heavy atom. The Morgan fingerprint density at radius 3 is 2.85 bits per heavy atom. The minimum absolute atomic E-state index is 0.225. The highest BCUT2D eigenvalue weighted by Gasteiger charge is 2.18. The van der Waals surface area contributed by atoms with Crippen molar-refractivity contribution < 1.29 is 4.42 Å². The van der Waals surface area contributed by atoms with E-state index in [1.54, 1.807) is 23.0 Å². The fourth-order valence-corrected chi connectivity index (χ4v) is 3.23. The number of aryl methyl sites for hydroxylation is 1. The van der Waals surface area contributed by atoms with Crippen LogP contribution in [0.3, 0.4) is 0 Å². The number of benzene rings is 1. The Morgan fingerprint density at radius 2 is 2.04 bits per heavy atom. The number of halogens is 1. The van der Waals surface area contributed by atoms with E-state index >= 15 is 0 Å². The minimum Gasteiger partial charge on any atom is -0.443 e. The summed E-state index contributed by atoms with van der Waals surface area (Å²) in [5.41, 5.74) is 3.78. The summed E-state index contributed by atoms with van der Waals surface area (Å²) in [4.78, 5) is 28.5. The van der Waals surface area contributed by atoms with Crippen molar-refractivity contribution in [1.29, 1.82) is 0 Å². The molecule has 5 rings (SSSR count). The molecule has 4 heterocycles. The lowest BCUT2D eigenvalue weighted by Gasteiger charge is -2.08. The molecule has 0 radical (unpaired) electrons. The molecule has 0 aliphatic carbocycles. The molecule has 0 unspecified atom stereocenters. The lowest BCUT2D eigenvalue weighted by Crippen LogP contribution is -2.07. The zero-order valence-corrected chi connectivity index (χ0v) is 14.7. The van der Waals surface area contributed by atoms with E-state index in [1.807, 2.05) is 19.3 Å². The van der Waals surface area contributed by atoms with Crippen molar-refractivity contribution in [1.82, 2.24) is 29.7 Å². The lowest BCUT2D eigenvalue weighted by molar-refractivity contribution is 0.602. The Hall–Kier alpha value is -3.52. The number of aromatic amines is 1. The Balaban J connectivity index is 1.88. The first-order valence-corrected chi connectivity index (χ1v) is 8.40. The summed E-state index contributed by atoms with van der Waals surface area (Å²) in [5, 5.41) is 4.85. The average Bonchev–Trinajstić information content (AvgIpc) is 3.30. The largest absolute Gasteiger partial charge is 0.443 e. The standard InChI is InChI=1S/C18H11ClN6O2/c1-25-5-3-11(24-25)16-14(22-17-12(26)2-4-20-18(17)23-16)9-6-10(19)15-13(7-9)27-8-21-15/h2-8H,1H3,(H,20,23,26). The number of hydrogen-bond donors (Lipinski definition) is 1. The Bertz CT molecular complexity index is 1380. The van der Waals surface area contributed by atoms with Gasteiger partial charge in [-0.1, -0.05) is 11.6 Å². The van der Waals surface area contributed by atoms with Crippen LogP contribution in [0, 0.1) is 0 Å². The van der Waals surface area contributed by atoms with Crippen LogP contribution in [0.1, 0.15) is 0 Å². The molecule has 1 aromatic carbocycles. The number of pyridine rings is 1. The zero-order valence-electron chi connectivity index (χ0n) is 14.0. The van der Waals surface area contributed by atoms with Gasteiger partial charge in [0.15, 0.2) is 23.1 Å². The second kappa shape index (κ2) is 5.75. The van der Waals surface area contributed by atoms with E-state index in [1.165, 1.54) is 12.5 Å². The van der Waals surface area contributed by atoms with Gasteiger partial charge in [-0.3, -0.25) is 9.48 Å². The zero-order chi connectivity index (χ0) is 18.5. The molecule has 0 saturated heterocycles. The highest BCUT2D eigenvalue weighted by Crippen LogP contribution is 2.34. The van der Waals surface area contributed by atoms with E-state index < -0.39 is 0 Å². The summed E-state index contributed by atoms with van der Waals surface area (Å²) in [5.74, 6) is 0. The molecule has 27 heavy (non-hydrogen) atoms. The van der Waals surface area contributed by atoms with Crippen molar-refractivity contribution in [3.8, 4) is 22.6 Å².